The predicted octanol–water partition coefficient (Wildman–Crippen LogP) is 4.99. The molecule has 0 spiro atoms. The van der Waals surface area contributed by atoms with Crippen LogP contribution < -0.4 is 14.8 Å². The number of ether oxygens (including phenoxy) is 2. The molecule has 1 aliphatic rings. The minimum absolute atomic E-state index is 0.526. The van der Waals surface area contributed by atoms with E-state index in [1.807, 2.05) is 6.92 Å². The van der Waals surface area contributed by atoms with Gasteiger partial charge in [-0.05, 0) is 65.9 Å². The van der Waals surface area contributed by atoms with E-state index < -0.39 is 0 Å². The molecular weight excluding hydrogens is 366 g/mol. The second-order valence-electron chi connectivity index (χ2n) is 6.27. The lowest BCUT2D eigenvalue weighted by atomic mass is 10.1. The highest BCUT2D eigenvalue weighted by molar-refractivity contribution is 9.10. The highest BCUT2D eigenvalue weighted by Crippen LogP contribution is 2.37. The molecule has 1 N–H and O–H groups in total. The zero-order valence-corrected chi connectivity index (χ0v) is 15.9. The smallest absolute Gasteiger partial charge is 0.175 e. The topological polar surface area (TPSA) is 30.5 Å². The first kappa shape index (κ1) is 17.3. The molecule has 24 heavy (non-hydrogen) atoms. The molecule has 0 aromatic heterocycles. The summed E-state index contributed by atoms with van der Waals surface area (Å²) in [5.74, 6) is 1.57. The molecule has 0 saturated heterocycles. The van der Waals surface area contributed by atoms with E-state index in [1.54, 1.807) is 0 Å². The number of hydrogen-bond donors (Lipinski definition) is 1. The van der Waals surface area contributed by atoms with Gasteiger partial charge in [0, 0.05) is 12.6 Å². The molecule has 0 heterocycles. The molecule has 0 bridgehead atoms. The number of rotatable bonds is 8. The molecule has 4 heteroatoms. The van der Waals surface area contributed by atoms with Crippen LogP contribution in [0.4, 0.5) is 0 Å². The maximum Gasteiger partial charge on any atom is 0.175 e. The number of nitrogens with one attached hydrogen (secondary N) is 1. The fourth-order valence-electron chi connectivity index (χ4n) is 2.52. The third kappa shape index (κ3) is 4.74. The summed E-state index contributed by atoms with van der Waals surface area (Å²) in [6.45, 7) is 6.09. The molecule has 0 aliphatic heterocycles. The van der Waals surface area contributed by atoms with Crippen molar-refractivity contribution in [3.8, 4) is 11.5 Å². The Morgan fingerprint density at radius 1 is 1.08 bits per heavy atom. The van der Waals surface area contributed by atoms with Crippen LogP contribution in [0.3, 0.4) is 0 Å². The molecule has 3 nitrogen and oxygen atoms in total. The van der Waals surface area contributed by atoms with Crippen LogP contribution in [0.15, 0.2) is 40.9 Å². The summed E-state index contributed by atoms with van der Waals surface area (Å²) in [6, 6.07) is 13.3. The fourth-order valence-corrected chi connectivity index (χ4v) is 3.12. The zero-order valence-electron chi connectivity index (χ0n) is 14.3. The Labute approximate surface area is 152 Å². The quantitative estimate of drug-likeness (QED) is 0.689. The summed E-state index contributed by atoms with van der Waals surface area (Å²) < 4.78 is 12.8. The van der Waals surface area contributed by atoms with Crippen molar-refractivity contribution in [3.63, 3.8) is 0 Å². The van der Waals surface area contributed by atoms with Gasteiger partial charge in [-0.15, -0.1) is 0 Å². The molecule has 2 aromatic carbocycles. The van der Waals surface area contributed by atoms with Gasteiger partial charge in [-0.2, -0.15) is 0 Å². The van der Waals surface area contributed by atoms with Crippen LogP contribution in [-0.2, 0) is 13.2 Å². The summed E-state index contributed by atoms with van der Waals surface area (Å²) >= 11 is 3.64. The summed E-state index contributed by atoms with van der Waals surface area (Å²) in [5, 5.41) is 3.53. The zero-order chi connectivity index (χ0) is 16.9. The van der Waals surface area contributed by atoms with Gasteiger partial charge in [0.2, 0.25) is 0 Å². The number of halogens is 1. The van der Waals surface area contributed by atoms with Crippen molar-refractivity contribution < 1.29 is 9.47 Å². The van der Waals surface area contributed by atoms with Gasteiger partial charge in [-0.1, -0.05) is 29.8 Å². The lowest BCUT2D eigenvalue weighted by molar-refractivity contribution is 0.267. The third-order valence-corrected chi connectivity index (χ3v) is 4.63. The Morgan fingerprint density at radius 2 is 1.83 bits per heavy atom. The van der Waals surface area contributed by atoms with Crippen LogP contribution in [0.1, 0.15) is 36.5 Å². The molecule has 1 fully saturated rings. The van der Waals surface area contributed by atoms with Crippen LogP contribution in [-0.4, -0.2) is 12.6 Å². The Balaban J connectivity index is 1.72. The van der Waals surface area contributed by atoms with Crippen molar-refractivity contribution in [1.82, 2.24) is 5.32 Å². The van der Waals surface area contributed by atoms with E-state index in [-0.39, 0.29) is 0 Å². The van der Waals surface area contributed by atoms with Crippen LogP contribution in [0.5, 0.6) is 11.5 Å². The lowest BCUT2D eigenvalue weighted by Gasteiger charge is -2.16. The second kappa shape index (κ2) is 8.04. The number of benzene rings is 2. The summed E-state index contributed by atoms with van der Waals surface area (Å²) in [4.78, 5) is 0. The molecule has 0 radical (unpaired) electrons. The van der Waals surface area contributed by atoms with Gasteiger partial charge in [-0.25, -0.2) is 0 Å². The highest BCUT2D eigenvalue weighted by Gasteiger charge is 2.20. The Hall–Kier alpha value is -1.52. The molecule has 0 atom stereocenters. The van der Waals surface area contributed by atoms with Gasteiger partial charge in [0.15, 0.2) is 11.5 Å². The lowest BCUT2D eigenvalue weighted by Crippen LogP contribution is -2.15. The molecule has 128 valence electrons. The Bertz CT molecular complexity index is 681. The van der Waals surface area contributed by atoms with E-state index in [1.165, 1.54) is 24.0 Å². The van der Waals surface area contributed by atoms with Gasteiger partial charge in [0.1, 0.15) is 6.61 Å². The first-order valence-electron chi connectivity index (χ1n) is 8.52. The van der Waals surface area contributed by atoms with E-state index >= 15 is 0 Å². The molecule has 3 rings (SSSR count). The van der Waals surface area contributed by atoms with Crippen LogP contribution in [0.2, 0.25) is 0 Å². The molecule has 1 saturated carbocycles. The van der Waals surface area contributed by atoms with Crippen molar-refractivity contribution >= 4 is 15.9 Å². The average molecular weight is 390 g/mol. The van der Waals surface area contributed by atoms with Gasteiger partial charge >= 0.3 is 0 Å². The first-order chi connectivity index (χ1) is 11.7. The van der Waals surface area contributed by atoms with Gasteiger partial charge < -0.3 is 14.8 Å². The summed E-state index contributed by atoms with van der Waals surface area (Å²) in [7, 11) is 0. The SMILES string of the molecule is CCOc1cc(CNC2CC2)cc(Br)c1OCc1ccc(C)cc1. The fraction of sp³-hybridized carbons (Fsp3) is 0.400. The molecule has 0 unspecified atom stereocenters. The van der Waals surface area contributed by atoms with Gasteiger partial charge in [-0.3, -0.25) is 0 Å². The molecular formula is C20H24BrNO2. The van der Waals surface area contributed by atoms with E-state index in [9.17, 15) is 0 Å². The summed E-state index contributed by atoms with van der Waals surface area (Å²) in [5.41, 5.74) is 3.61. The van der Waals surface area contributed by atoms with E-state index in [0.29, 0.717) is 19.3 Å². The van der Waals surface area contributed by atoms with Crippen molar-refractivity contribution in [2.45, 2.75) is 45.9 Å². The van der Waals surface area contributed by atoms with Gasteiger partial charge in [0.25, 0.3) is 0 Å². The van der Waals surface area contributed by atoms with Crippen LogP contribution in [0.25, 0.3) is 0 Å². The van der Waals surface area contributed by atoms with E-state index in [2.05, 4.69) is 64.6 Å². The maximum atomic E-state index is 6.05. The summed E-state index contributed by atoms with van der Waals surface area (Å²) in [6.07, 6.45) is 2.58. The minimum atomic E-state index is 0.526. The van der Waals surface area contributed by atoms with Crippen molar-refractivity contribution in [2.24, 2.45) is 0 Å². The van der Waals surface area contributed by atoms with Crippen LogP contribution >= 0.6 is 15.9 Å². The monoisotopic (exact) mass is 389 g/mol. The Kier molecular flexibility index (Phi) is 5.80. The molecule has 1 aliphatic carbocycles. The third-order valence-electron chi connectivity index (χ3n) is 4.05. The molecule has 2 aromatic rings. The van der Waals surface area contributed by atoms with E-state index in [4.69, 9.17) is 9.47 Å². The van der Waals surface area contributed by atoms with Crippen molar-refractivity contribution in [2.75, 3.05) is 6.61 Å². The average Bonchev–Trinajstić information content (AvgIpc) is 3.38. The van der Waals surface area contributed by atoms with Gasteiger partial charge in [0.05, 0.1) is 11.1 Å². The normalized spacial score (nSPS) is 13.8. The van der Waals surface area contributed by atoms with Crippen molar-refractivity contribution in [3.05, 3.63) is 57.6 Å². The number of aryl methyl sites for hydroxylation is 1. The largest absolute Gasteiger partial charge is 0.490 e. The minimum Gasteiger partial charge on any atom is -0.490 e. The van der Waals surface area contributed by atoms with Crippen molar-refractivity contribution in [1.29, 1.82) is 0 Å². The molecule has 0 amide bonds. The number of hydrogen-bond acceptors (Lipinski definition) is 3. The Morgan fingerprint density at radius 3 is 2.50 bits per heavy atom. The van der Waals surface area contributed by atoms with Crippen LogP contribution in [0, 0.1) is 6.92 Å². The first-order valence-corrected chi connectivity index (χ1v) is 9.32. The standard InChI is InChI=1S/C20H24BrNO2/c1-3-23-19-11-16(12-22-17-8-9-17)10-18(21)20(19)24-13-15-6-4-14(2)5-7-15/h4-7,10-11,17,22H,3,8-9,12-13H2,1-2H3. The van der Waals surface area contributed by atoms with E-state index in [0.717, 1.165) is 28.1 Å². The highest BCUT2D eigenvalue weighted by atomic mass is 79.9. The predicted molar refractivity (Wildman–Crippen MR) is 101 cm³/mol. The maximum absolute atomic E-state index is 6.05. The second-order valence-corrected chi connectivity index (χ2v) is 7.12.